The van der Waals surface area contributed by atoms with Gasteiger partial charge in [0.1, 0.15) is 6.54 Å². The molecule has 0 atom stereocenters. The maximum Gasteiger partial charge on any atom is 0.405 e. The molecule has 0 unspecified atom stereocenters. The predicted molar refractivity (Wildman–Crippen MR) is 63.3 cm³/mol. The second kappa shape index (κ2) is 5.60. The van der Waals surface area contributed by atoms with Crippen LogP contribution < -0.4 is 10.6 Å². The topological polar surface area (TPSA) is 29.3 Å². The van der Waals surface area contributed by atoms with E-state index in [-0.39, 0.29) is 13.1 Å². The van der Waals surface area contributed by atoms with Crippen LogP contribution in [-0.4, -0.2) is 19.3 Å². The summed E-state index contributed by atoms with van der Waals surface area (Å²) in [6.45, 7) is 1.09. The molecule has 96 valence electrons. The summed E-state index contributed by atoms with van der Waals surface area (Å²) < 4.78 is 37.2. The van der Waals surface area contributed by atoms with Gasteiger partial charge in [-0.1, -0.05) is 11.6 Å². The summed E-state index contributed by atoms with van der Waals surface area (Å²) >= 11 is 5.78. The number of nitrogens with zero attached hydrogens (tertiary/aromatic N) is 1. The van der Waals surface area contributed by atoms with Crippen LogP contribution in [0.1, 0.15) is 12.5 Å². The second-order valence-electron chi connectivity index (χ2n) is 3.61. The quantitative estimate of drug-likeness (QED) is 0.907. The van der Waals surface area contributed by atoms with Crippen LogP contribution in [0.25, 0.3) is 0 Å². The van der Waals surface area contributed by atoms with Crippen molar-refractivity contribution in [1.29, 1.82) is 0 Å². The summed E-state index contributed by atoms with van der Waals surface area (Å²) in [6.07, 6.45) is -4.23. The highest BCUT2D eigenvalue weighted by Gasteiger charge is 2.30. The molecule has 0 spiro atoms. The van der Waals surface area contributed by atoms with Crippen molar-refractivity contribution < 1.29 is 13.2 Å². The van der Waals surface area contributed by atoms with Crippen LogP contribution >= 0.6 is 11.6 Å². The molecule has 0 aliphatic carbocycles. The first-order chi connectivity index (χ1) is 7.87. The molecule has 0 amide bonds. The third-order valence-electron chi connectivity index (χ3n) is 2.35. The summed E-state index contributed by atoms with van der Waals surface area (Å²) in [5.41, 5.74) is 6.61. The number of hydrogen-bond acceptors (Lipinski definition) is 2. The Morgan fingerprint density at radius 3 is 2.47 bits per heavy atom. The highest BCUT2D eigenvalue weighted by atomic mass is 35.5. The zero-order valence-electron chi connectivity index (χ0n) is 9.39. The molecule has 0 aliphatic heterocycles. The molecular weight excluding hydrogens is 253 g/mol. The van der Waals surface area contributed by atoms with Gasteiger partial charge >= 0.3 is 6.18 Å². The largest absolute Gasteiger partial charge is 0.405 e. The van der Waals surface area contributed by atoms with Crippen molar-refractivity contribution >= 4 is 17.3 Å². The van der Waals surface area contributed by atoms with Crippen LogP contribution in [0.15, 0.2) is 18.2 Å². The van der Waals surface area contributed by atoms with Crippen LogP contribution in [0.5, 0.6) is 0 Å². The molecule has 0 bridgehead atoms. The van der Waals surface area contributed by atoms with Gasteiger partial charge in [0.2, 0.25) is 0 Å². The van der Waals surface area contributed by atoms with Crippen LogP contribution in [0, 0.1) is 0 Å². The lowest BCUT2D eigenvalue weighted by Crippen LogP contribution is -2.34. The molecule has 17 heavy (non-hydrogen) atoms. The highest BCUT2D eigenvalue weighted by molar-refractivity contribution is 6.30. The van der Waals surface area contributed by atoms with Gasteiger partial charge in [0.25, 0.3) is 0 Å². The first-order valence-electron chi connectivity index (χ1n) is 5.17. The van der Waals surface area contributed by atoms with Gasteiger partial charge in [0, 0.05) is 23.8 Å². The predicted octanol–water partition coefficient (Wildman–Crippen LogP) is 3.19. The normalized spacial score (nSPS) is 11.6. The van der Waals surface area contributed by atoms with E-state index in [1.165, 1.54) is 4.90 Å². The van der Waals surface area contributed by atoms with E-state index in [0.29, 0.717) is 16.3 Å². The smallest absolute Gasteiger partial charge is 0.363 e. The van der Waals surface area contributed by atoms with E-state index in [4.69, 9.17) is 17.3 Å². The Kier molecular flexibility index (Phi) is 4.65. The Hall–Kier alpha value is -0.940. The van der Waals surface area contributed by atoms with Crippen LogP contribution in [0.2, 0.25) is 5.02 Å². The SMILES string of the molecule is CCN(CC(F)(F)F)c1ccc(Cl)cc1CN. The molecule has 2 nitrogen and oxygen atoms in total. The first kappa shape index (κ1) is 14.1. The number of nitrogens with two attached hydrogens (primary N) is 1. The Balaban J connectivity index is 3.03. The third-order valence-corrected chi connectivity index (χ3v) is 2.59. The number of hydrogen-bond donors (Lipinski definition) is 1. The van der Waals surface area contributed by atoms with E-state index in [2.05, 4.69) is 0 Å². The zero-order valence-corrected chi connectivity index (χ0v) is 10.1. The third kappa shape index (κ3) is 4.09. The van der Waals surface area contributed by atoms with Crippen molar-refractivity contribution in [1.82, 2.24) is 0 Å². The number of rotatable bonds is 4. The van der Waals surface area contributed by atoms with E-state index < -0.39 is 12.7 Å². The Morgan fingerprint density at radius 1 is 1.35 bits per heavy atom. The second-order valence-corrected chi connectivity index (χ2v) is 4.04. The highest BCUT2D eigenvalue weighted by Crippen LogP contribution is 2.27. The van der Waals surface area contributed by atoms with Gasteiger partial charge in [-0.2, -0.15) is 13.2 Å². The minimum Gasteiger partial charge on any atom is -0.363 e. The Morgan fingerprint density at radius 2 is 2.00 bits per heavy atom. The molecule has 1 aromatic carbocycles. The molecule has 6 heteroatoms. The molecule has 0 aromatic heterocycles. The van der Waals surface area contributed by atoms with Crippen molar-refractivity contribution in [2.45, 2.75) is 19.6 Å². The van der Waals surface area contributed by atoms with E-state index in [0.717, 1.165) is 0 Å². The zero-order chi connectivity index (χ0) is 13.1. The molecule has 1 rings (SSSR count). The van der Waals surface area contributed by atoms with Gasteiger partial charge in [-0.15, -0.1) is 0 Å². The fourth-order valence-corrected chi connectivity index (χ4v) is 1.80. The number of alkyl halides is 3. The summed E-state index contributed by atoms with van der Waals surface area (Å²) in [4.78, 5) is 1.23. The lowest BCUT2D eigenvalue weighted by molar-refractivity contribution is -0.119. The van der Waals surface area contributed by atoms with Crippen LogP contribution in [0.4, 0.5) is 18.9 Å². The molecule has 2 N–H and O–H groups in total. The molecule has 1 aromatic rings. The van der Waals surface area contributed by atoms with Gasteiger partial charge in [-0.25, -0.2) is 0 Å². The van der Waals surface area contributed by atoms with Gasteiger partial charge in [0.05, 0.1) is 0 Å². The lowest BCUT2D eigenvalue weighted by Gasteiger charge is -2.26. The lowest BCUT2D eigenvalue weighted by atomic mass is 10.1. The molecule has 0 fully saturated rings. The molecule has 0 saturated heterocycles. The first-order valence-corrected chi connectivity index (χ1v) is 5.55. The summed E-state index contributed by atoms with van der Waals surface area (Å²) in [5, 5.41) is 0.470. The van der Waals surface area contributed by atoms with Gasteiger partial charge in [-0.3, -0.25) is 0 Å². The fraction of sp³-hybridized carbons (Fsp3) is 0.455. The summed E-state index contributed by atoms with van der Waals surface area (Å²) in [7, 11) is 0. The summed E-state index contributed by atoms with van der Waals surface area (Å²) in [5.74, 6) is 0. The van der Waals surface area contributed by atoms with E-state index in [1.54, 1.807) is 25.1 Å². The minimum absolute atomic E-state index is 0.157. The maximum atomic E-state index is 12.4. The van der Waals surface area contributed by atoms with Crippen molar-refractivity contribution in [3.63, 3.8) is 0 Å². The number of anilines is 1. The fourth-order valence-electron chi connectivity index (χ4n) is 1.61. The molecule has 0 aliphatic rings. The minimum atomic E-state index is -4.23. The standard InChI is InChI=1S/C11H14ClF3N2/c1-2-17(7-11(13,14)15)10-4-3-9(12)5-8(10)6-16/h3-5H,2,6-7,16H2,1H3. The van der Waals surface area contributed by atoms with Crippen molar-refractivity contribution in [3.05, 3.63) is 28.8 Å². The Labute approximate surface area is 103 Å². The van der Waals surface area contributed by atoms with Gasteiger partial charge in [-0.05, 0) is 30.7 Å². The van der Waals surface area contributed by atoms with Crippen molar-refractivity contribution in [2.75, 3.05) is 18.0 Å². The van der Waals surface area contributed by atoms with Crippen molar-refractivity contribution in [3.8, 4) is 0 Å². The van der Waals surface area contributed by atoms with Gasteiger partial charge < -0.3 is 10.6 Å². The van der Waals surface area contributed by atoms with E-state index in [9.17, 15) is 13.2 Å². The maximum absolute atomic E-state index is 12.4. The Bertz CT molecular complexity index is 379. The van der Waals surface area contributed by atoms with E-state index >= 15 is 0 Å². The number of halogens is 4. The van der Waals surface area contributed by atoms with Crippen LogP contribution in [-0.2, 0) is 6.54 Å². The average Bonchev–Trinajstić information content (AvgIpc) is 2.24. The number of benzene rings is 1. The molecule has 0 heterocycles. The molecule has 0 radical (unpaired) electrons. The molecule has 0 saturated carbocycles. The average molecular weight is 267 g/mol. The van der Waals surface area contributed by atoms with Crippen molar-refractivity contribution in [2.24, 2.45) is 5.73 Å². The van der Waals surface area contributed by atoms with E-state index in [1.807, 2.05) is 0 Å². The monoisotopic (exact) mass is 266 g/mol. The van der Waals surface area contributed by atoms with Gasteiger partial charge in [0.15, 0.2) is 0 Å². The molecular formula is C11H14ClF3N2. The summed E-state index contributed by atoms with van der Waals surface area (Å²) in [6, 6.07) is 4.73. The van der Waals surface area contributed by atoms with Crippen LogP contribution in [0.3, 0.4) is 0 Å².